The summed E-state index contributed by atoms with van der Waals surface area (Å²) < 4.78 is 12.9. The van der Waals surface area contributed by atoms with Crippen LogP contribution in [0.25, 0.3) is 0 Å². The zero-order valence-electron chi connectivity index (χ0n) is 13.9. The van der Waals surface area contributed by atoms with Crippen molar-refractivity contribution in [2.24, 2.45) is 0 Å². The number of amides is 2. The Hall–Kier alpha value is -2.69. The lowest BCUT2D eigenvalue weighted by Crippen LogP contribution is -2.33. The first-order valence-corrected chi connectivity index (χ1v) is 7.76. The minimum Gasteiger partial charge on any atom is -0.326 e. The predicted octanol–water partition coefficient (Wildman–Crippen LogP) is 3.26. The smallest absolute Gasteiger partial charge is 0.236 e. The quantitative estimate of drug-likeness (QED) is 0.941. The largest absolute Gasteiger partial charge is 0.326 e. The number of anilines is 2. The van der Waals surface area contributed by atoms with E-state index in [1.165, 1.54) is 12.1 Å². The lowest BCUT2D eigenvalue weighted by atomic mass is 9.86. The Labute approximate surface area is 140 Å². The Morgan fingerprint density at radius 1 is 1.17 bits per heavy atom. The topological polar surface area (TPSA) is 49.4 Å². The Kier molecular flexibility index (Phi) is 3.87. The maximum absolute atomic E-state index is 12.9. The standard InChI is InChI=1S/C19H19FN2O2/c1-19(2)15-11-14(8-9-16(15)22(3)18(19)24)21-17(23)10-12-4-6-13(20)7-5-12/h4-9,11H,10H2,1-3H3,(H,21,23). The van der Waals surface area contributed by atoms with E-state index in [2.05, 4.69) is 5.32 Å². The fraction of sp³-hybridized carbons (Fsp3) is 0.263. The zero-order chi connectivity index (χ0) is 17.5. The van der Waals surface area contributed by atoms with E-state index >= 15 is 0 Å². The van der Waals surface area contributed by atoms with E-state index in [1.807, 2.05) is 26.0 Å². The molecule has 124 valence electrons. The van der Waals surface area contributed by atoms with Crippen LogP contribution in [-0.2, 0) is 21.4 Å². The van der Waals surface area contributed by atoms with E-state index in [4.69, 9.17) is 0 Å². The summed E-state index contributed by atoms with van der Waals surface area (Å²) in [6.07, 6.45) is 0.166. The van der Waals surface area contributed by atoms with Crippen LogP contribution in [0.3, 0.4) is 0 Å². The van der Waals surface area contributed by atoms with Crippen LogP contribution in [0.5, 0.6) is 0 Å². The van der Waals surface area contributed by atoms with Crippen LogP contribution in [0.4, 0.5) is 15.8 Å². The lowest BCUT2D eigenvalue weighted by molar-refractivity contribution is -0.121. The monoisotopic (exact) mass is 326 g/mol. The molecule has 0 bridgehead atoms. The summed E-state index contributed by atoms with van der Waals surface area (Å²) in [7, 11) is 1.75. The molecule has 0 aliphatic carbocycles. The Balaban J connectivity index is 1.77. The summed E-state index contributed by atoms with van der Waals surface area (Å²) in [4.78, 5) is 26.1. The Morgan fingerprint density at radius 3 is 2.50 bits per heavy atom. The van der Waals surface area contributed by atoms with Crippen LogP contribution >= 0.6 is 0 Å². The summed E-state index contributed by atoms with van der Waals surface area (Å²) in [6, 6.07) is 11.3. The van der Waals surface area contributed by atoms with Crippen molar-refractivity contribution in [3.8, 4) is 0 Å². The van der Waals surface area contributed by atoms with Gasteiger partial charge in [-0.25, -0.2) is 4.39 Å². The van der Waals surface area contributed by atoms with Crippen molar-refractivity contribution in [3.05, 3.63) is 59.4 Å². The molecule has 5 heteroatoms. The van der Waals surface area contributed by atoms with Gasteiger partial charge in [0, 0.05) is 18.4 Å². The molecule has 2 aromatic rings. The molecule has 0 atom stereocenters. The normalized spacial score (nSPS) is 15.3. The molecule has 3 rings (SSSR count). The van der Waals surface area contributed by atoms with Gasteiger partial charge in [-0.15, -0.1) is 0 Å². The van der Waals surface area contributed by atoms with Gasteiger partial charge in [0.25, 0.3) is 0 Å². The summed E-state index contributed by atoms with van der Waals surface area (Å²) in [5.74, 6) is -0.474. The molecule has 2 aromatic carbocycles. The first kappa shape index (κ1) is 16.2. The third-order valence-electron chi connectivity index (χ3n) is 4.43. The summed E-state index contributed by atoms with van der Waals surface area (Å²) >= 11 is 0. The SMILES string of the molecule is CN1C(=O)C(C)(C)c2cc(NC(=O)Cc3ccc(F)cc3)ccc21. The highest BCUT2D eigenvalue weighted by molar-refractivity contribution is 6.07. The molecule has 0 saturated carbocycles. The highest BCUT2D eigenvalue weighted by Crippen LogP contribution is 2.41. The lowest BCUT2D eigenvalue weighted by Gasteiger charge is -2.16. The van der Waals surface area contributed by atoms with Crippen molar-refractivity contribution in [2.45, 2.75) is 25.7 Å². The molecule has 4 nitrogen and oxygen atoms in total. The minimum atomic E-state index is -0.609. The molecule has 0 unspecified atom stereocenters. The van der Waals surface area contributed by atoms with Gasteiger partial charge in [-0.1, -0.05) is 12.1 Å². The molecule has 0 spiro atoms. The second-order valence-electron chi connectivity index (χ2n) is 6.57. The second-order valence-corrected chi connectivity index (χ2v) is 6.57. The number of likely N-dealkylation sites (N-methyl/N-ethyl adjacent to an activating group) is 1. The first-order valence-electron chi connectivity index (χ1n) is 7.76. The van der Waals surface area contributed by atoms with E-state index in [9.17, 15) is 14.0 Å². The van der Waals surface area contributed by atoms with Crippen molar-refractivity contribution in [1.29, 1.82) is 0 Å². The number of fused-ring (bicyclic) bond motifs is 1. The van der Waals surface area contributed by atoms with E-state index < -0.39 is 5.41 Å². The van der Waals surface area contributed by atoms with Gasteiger partial charge in [0.2, 0.25) is 11.8 Å². The predicted molar refractivity (Wildman–Crippen MR) is 91.6 cm³/mol. The van der Waals surface area contributed by atoms with Gasteiger partial charge in [-0.3, -0.25) is 9.59 Å². The molecule has 0 fully saturated rings. The third-order valence-corrected chi connectivity index (χ3v) is 4.43. The number of hydrogen-bond acceptors (Lipinski definition) is 2. The Bertz CT molecular complexity index is 813. The van der Waals surface area contributed by atoms with Crippen molar-refractivity contribution in [2.75, 3.05) is 17.3 Å². The maximum atomic E-state index is 12.9. The van der Waals surface area contributed by atoms with Gasteiger partial charge >= 0.3 is 0 Å². The molecule has 0 saturated heterocycles. The van der Waals surface area contributed by atoms with Crippen molar-refractivity contribution >= 4 is 23.2 Å². The van der Waals surface area contributed by atoms with Crippen molar-refractivity contribution in [1.82, 2.24) is 0 Å². The number of halogens is 1. The van der Waals surface area contributed by atoms with Gasteiger partial charge in [-0.2, -0.15) is 0 Å². The molecule has 24 heavy (non-hydrogen) atoms. The number of rotatable bonds is 3. The summed E-state index contributed by atoms with van der Waals surface area (Å²) in [5.41, 5.74) is 2.54. The summed E-state index contributed by atoms with van der Waals surface area (Å²) in [6.45, 7) is 3.75. The van der Waals surface area contributed by atoms with E-state index in [-0.39, 0.29) is 24.1 Å². The molecule has 1 aliphatic rings. The third kappa shape index (κ3) is 2.77. The average Bonchev–Trinajstić information content (AvgIpc) is 2.71. The highest BCUT2D eigenvalue weighted by Gasteiger charge is 2.42. The number of carbonyl (C=O) groups excluding carboxylic acids is 2. The average molecular weight is 326 g/mol. The number of nitrogens with one attached hydrogen (secondary N) is 1. The fourth-order valence-electron chi connectivity index (χ4n) is 3.04. The molecular formula is C19H19FN2O2. The van der Waals surface area contributed by atoms with Crippen LogP contribution in [0, 0.1) is 5.82 Å². The minimum absolute atomic E-state index is 0.0345. The molecular weight excluding hydrogens is 307 g/mol. The van der Waals surface area contributed by atoms with Gasteiger partial charge < -0.3 is 10.2 Å². The summed E-state index contributed by atoms with van der Waals surface area (Å²) in [5, 5.41) is 2.84. The molecule has 1 aliphatic heterocycles. The van der Waals surface area contributed by atoms with Crippen molar-refractivity contribution in [3.63, 3.8) is 0 Å². The number of hydrogen-bond donors (Lipinski definition) is 1. The number of carbonyl (C=O) groups is 2. The van der Waals surface area contributed by atoms with Crippen LogP contribution in [0.2, 0.25) is 0 Å². The number of benzene rings is 2. The fourth-order valence-corrected chi connectivity index (χ4v) is 3.04. The van der Waals surface area contributed by atoms with Gasteiger partial charge in [0.15, 0.2) is 0 Å². The van der Waals surface area contributed by atoms with Crippen molar-refractivity contribution < 1.29 is 14.0 Å². The molecule has 0 radical (unpaired) electrons. The Morgan fingerprint density at radius 2 is 1.83 bits per heavy atom. The second kappa shape index (κ2) is 5.74. The van der Waals surface area contributed by atoms with E-state index in [0.717, 1.165) is 16.8 Å². The van der Waals surface area contributed by atoms with Crippen LogP contribution in [0.1, 0.15) is 25.0 Å². The molecule has 0 aromatic heterocycles. The van der Waals surface area contributed by atoms with E-state index in [0.29, 0.717) is 5.69 Å². The van der Waals surface area contributed by atoms with Gasteiger partial charge in [0.05, 0.1) is 11.8 Å². The van der Waals surface area contributed by atoms with Gasteiger partial charge in [0.1, 0.15) is 5.82 Å². The first-order chi connectivity index (χ1) is 11.3. The molecule has 1 heterocycles. The van der Waals surface area contributed by atoms with E-state index in [1.54, 1.807) is 30.1 Å². The van der Waals surface area contributed by atoms with Crippen LogP contribution in [-0.4, -0.2) is 18.9 Å². The zero-order valence-corrected chi connectivity index (χ0v) is 13.9. The molecule has 2 amide bonds. The molecule has 1 N–H and O–H groups in total. The van der Waals surface area contributed by atoms with Crippen LogP contribution < -0.4 is 10.2 Å². The maximum Gasteiger partial charge on any atom is 0.236 e. The van der Waals surface area contributed by atoms with Crippen LogP contribution in [0.15, 0.2) is 42.5 Å². The highest BCUT2D eigenvalue weighted by atomic mass is 19.1. The number of nitrogens with zero attached hydrogens (tertiary/aromatic N) is 1. The van der Waals surface area contributed by atoms with Gasteiger partial charge in [-0.05, 0) is 55.3 Å².